The second-order valence-electron chi connectivity index (χ2n) is 4.49. The van der Waals surface area contributed by atoms with Gasteiger partial charge < -0.3 is 4.74 Å². The Morgan fingerprint density at radius 2 is 2.18 bits per heavy atom. The van der Waals surface area contributed by atoms with Crippen LogP contribution in [-0.2, 0) is 9.53 Å². The Morgan fingerprint density at radius 3 is 2.65 bits per heavy atom. The van der Waals surface area contributed by atoms with Gasteiger partial charge in [-0.25, -0.2) is 4.98 Å². The lowest BCUT2D eigenvalue weighted by Crippen LogP contribution is -2.30. The van der Waals surface area contributed by atoms with E-state index < -0.39 is 4.75 Å². The molecule has 1 N–H and O–H groups in total. The SMILES string of the molecule is CCOC(=O)C(C)(C)Sc1n[nH]c(C(C)C)n1. The number of carbonyl (C=O) groups is 1. The van der Waals surface area contributed by atoms with E-state index in [0.29, 0.717) is 17.7 Å². The van der Waals surface area contributed by atoms with Crippen LogP contribution in [0.15, 0.2) is 5.16 Å². The highest BCUT2D eigenvalue weighted by atomic mass is 32.2. The summed E-state index contributed by atoms with van der Waals surface area (Å²) in [5.74, 6) is 0.871. The van der Waals surface area contributed by atoms with Crippen molar-refractivity contribution >= 4 is 17.7 Å². The largest absolute Gasteiger partial charge is 0.465 e. The van der Waals surface area contributed by atoms with E-state index in [9.17, 15) is 4.79 Å². The van der Waals surface area contributed by atoms with E-state index in [1.54, 1.807) is 20.8 Å². The van der Waals surface area contributed by atoms with Crippen LogP contribution in [0.2, 0.25) is 0 Å². The third-order valence-corrected chi connectivity index (χ3v) is 3.18. The van der Waals surface area contributed by atoms with Crippen molar-refractivity contribution in [3.8, 4) is 0 Å². The molecule has 0 radical (unpaired) electrons. The van der Waals surface area contributed by atoms with Crippen LogP contribution in [0.4, 0.5) is 0 Å². The first-order valence-corrected chi connectivity index (χ1v) is 6.47. The highest BCUT2D eigenvalue weighted by molar-refractivity contribution is 8.01. The van der Waals surface area contributed by atoms with Gasteiger partial charge in [-0.2, -0.15) is 0 Å². The monoisotopic (exact) mass is 257 g/mol. The smallest absolute Gasteiger partial charge is 0.322 e. The average molecular weight is 257 g/mol. The number of thioether (sulfide) groups is 1. The molecule has 0 spiro atoms. The van der Waals surface area contributed by atoms with Gasteiger partial charge in [0.25, 0.3) is 0 Å². The summed E-state index contributed by atoms with van der Waals surface area (Å²) < 4.78 is 4.33. The van der Waals surface area contributed by atoms with Gasteiger partial charge in [-0.1, -0.05) is 25.6 Å². The molecule has 0 saturated carbocycles. The highest BCUT2D eigenvalue weighted by Gasteiger charge is 2.32. The maximum atomic E-state index is 11.7. The van der Waals surface area contributed by atoms with Crippen LogP contribution >= 0.6 is 11.8 Å². The van der Waals surface area contributed by atoms with Crippen molar-refractivity contribution in [2.45, 2.75) is 50.4 Å². The number of ether oxygens (including phenoxy) is 1. The number of H-pyrrole nitrogens is 1. The van der Waals surface area contributed by atoms with Gasteiger partial charge >= 0.3 is 5.97 Å². The molecule has 0 bridgehead atoms. The third kappa shape index (κ3) is 3.73. The number of rotatable bonds is 5. The molecule has 17 heavy (non-hydrogen) atoms. The number of hydrogen-bond donors (Lipinski definition) is 1. The summed E-state index contributed by atoms with van der Waals surface area (Å²) in [5.41, 5.74) is 0. The number of hydrogen-bond acceptors (Lipinski definition) is 5. The van der Waals surface area contributed by atoms with E-state index in [1.807, 2.05) is 13.8 Å². The van der Waals surface area contributed by atoms with Crippen molar-refractivity contribution in [3.05, 3.63) is 5.82 Å². The Labute approximate surface area is 106 Å². The van der Waals surface area contributed by atoms with Crippen molar-refractivity contribution in [2.24, 2.45) is 0 Å². The van der Waals surface area contributed by atoms with E-state index in [0.717, 1.165) is 5.82 Å². The molecular formula is C11H19N3O2S. The van der Waals surface area contributed by atoms with Crippen molar-refractivity contribution in [1.82, 2.24) is 15.2 Å². The van der Waals surface area contributed by atoms with E-state index in [1.165, 1.54) is 11.8 Å². The second-order valence-corrected chi connectivity index (χ2v) is 6.08. The zero-order valence-corrected chi connectivity index (χ0v) is 11.7. The maximum absolute atomic E-state index is 11.7. The number of nitrogens with one attached hydrogen (secondary N) is 1. The van der Waals surface area contributed by atoms with E-state index >= 15 is 0 Å². The summed E-state index contributed by atoms with van der Waals surface area (Å²) in [6, 6.07) is 0. The molecular weight excluding hydrogens is 238 g/mol. The van der Waals surface area contributed by atoms with Crippen molar-refractivity contribution in [3.63, 3.8) is 0 Å². The van der Waals surface area contributed by atoms with Crippen LogP contribution in [-0.4, -0.2) is 32.5 Å². The van der Waals surface area contributed by atoms with E-state index in [4.69, 9.17) is 4.74 Å². The molecule has 0 fully saturated rings. The van der Waals surface area contributed by atoms with Gasteiger partial charge in [-0.15, -0.1) is 5.10 Å². The minimum Gasteiger partial charge on any atom is -0.465 e. The van der Waals surface area contributed by atoms with Crippen LogP contribution in [0.1, 0.15) is 46.4 Å². The van der Waals surface area contributed by atoms with Gasteiger partial charge in [0.1, 0.15) is 10.6 Å². The summed E-state index contributed by atoms with van der Waals surface area (Å²) in [6.07, 6.45) is 0. The lowest BCUT2D eigenvalue weighted by Gasteiger charge is -2.19. The van der Waals surface area contributed by atoms with Crippen LogP contribution in [0.25, 0.3) is 0 Å². The zero-order valence-electron chi connectivity index (χ0n) is 10.9. The van der Waals surface area contributed by atoms with Gasteiger partial charge in [0.2, 0.25) is 5.16 Å². The number of nitrogens with zero attached hydrogens (tertiary/aromatic N) is 2. The molecule has 1 heterocycles. The Balaban J connectivity index is 2.72. The van der Waals surface area contributed by atoms with Crippen LogP contribution in [0.5, 0.6) is 0 Å². The predicted octanol–water partition coefficient (Wildman–Crippen LogP) is 2.36. The molecule has 96 valence electrons. The predicted molar refractivity (Wildman–Crippen MR) is 67.0 cm³/mol. The molecule has 0 atom stereocenters. The zero-order chi connectivity index (χ0) is 13.1. The lowest BCUT2D eigenvalue weighted by atomic mass is 10.2. The Bertz CT molecular complexity index is 388. The minimum atomic E-state index is -0.674. The summed E-state index contributed by atoms with van der Waals surface area (Å²) >= 11 is 1.30. The average Bonchev–Trinajstić information content (AvgIpc) is 2.66. The summed E-state index contributed by atoms with van der Waals surface area (Å²) in [6.45, 7) is 9.86. The molecule has 0 aliphatic heterocycles. The fraction of sp³-hybridized carbons (Fsp3) is 0.727. The first-order chi connectivity index (χ1) is 7.86. The normalized spacial score (nSPS) is 11.9. The van der Waals surface area contributed by atoms with Crippen LogP contribution in [0.3, 0.4) is 0 Å². The van der Waals surface area contributed by atoms with Gasteiger partial charge in [-0.05, 0) is 20.8 Å². The van der Waals surface area contributed by atoms with Gasteiger partial charge in [0.15, 0.2) is 0 Å². The number of aromatic nitrogens is 3. The molecule has 0 aliphatic rings. The first-order valence-electron chi connectivity index (χ1n) is 5.65. The molecule has 0 saturated heterocycles. The molecule has 5 nitrogen and oxygen atoms in total. The lowest BCUT2D eigenvalue weighted by molar-refractivity contribution is -0.145. The Hall–Kier alpha value is -1.04. The van der Waals surface area contributed by atoms with Gasteiger partial charge in [-0.3, -0.25) is 9.89 Å². The van der Waals surface area contributed by atoms with E-state index in [2.05, 4.69) is 15.2 Å². The van der Waals surface area contributed by atoms with Crippen molar-refractivity contribution in [2.75, 3.05) is 6.61 Å². The maximum Gasteiger partial charge on any atom is 0.322 e. The highest BCUT2D eigenvalue weighted by Crippen LogP contribution is 2.31. The molecule has 0 amide bonds. The number of esters is 1. The Morgan fingerprint density at radius 1 is 1.53 bits per heavy atom. The van der Waals surface area contributed by atoms with Gasteiger partial charge in [0.05, 0.1) is 6.61 Å². The third-order valence-electron chi connectivity index (χ3n) is 2.14. The van der Waals surface area contributed by atoms with Crippen LogP contribution in [0, 0.1) is 0 Å². The van der Waals surface area contributed by atoms with E-state index in [-0.39, 0.29) is 5.97 Å². The Kier molecular flexibility index (Phi) is 4.56. The molecule has 0 unspecified atom stereocenters. The molecule has 0 aliphatic carbocycles. The fourth-order valence-corrected chi connectivity index (χ4v) is 1.97. The molecule has 1 aromatic rings. The van der Waals surface area contributed by atoms with Gasteiger partial charge in [0, 0.05) is 5.92 Å². The molecule has 1 rings (SSSR count). The fourth-order valence-electron chi connectivity index (χ4n) is 1.14. The van der Waals surface area contributed by atoms with Crippen molar-refractivity contribution in [1.29, 1.82) is 0 Å². The molecule has 6 heteroatoms. The van der Waals surface area contributed by atoms with Crippen LogP contribution < -0.4 is 0 Å². The summed E-state index contributed by atoms with van der Waals surface area (Å²) in [5, 5.41) is 7.52. The minimum absolute atomic E-state index is 0.249. The summed E-state index contributed by atoms with van der Waals surface area (Å²) in [4.78, 5) is 16.0. The second kappa shape index (κ2) is 5.53. The quantitative estimate of drug-likeness (QED) is 0.648. The topological polar surface area (TPSA) is 67.9 Å². The molecule has 1 aromatic heterocycles. The number of carbonyl (C=O) groups excluding carboxylic acids is 1. The first kappa shape index (κ1) is 14.0. The standard InChI is InChI=1S/C11H19N3O2S/c1-6-16-9(15)11(4,5)17-10-12-8(7(2)3)13-14-10/h7H,6H2,1-5H3,(H,12,13,14). The molecule has 0 aromatic carbocycles. The summed E-state index contributed by atoms with van der Waals surface area (Å²) in [7, 11) is 0. The van der Waals surface area contributed by atoms with Crippen molar-refractivity contribution < 1.29 is 9.53 Å². The number of aromatic amines is 1.